The van der Waals surface area contributed by atoms with Gasteiger partial charge in [0.25, 0.3) is 0 Å². The molecule has 0 unspecified atom stereocenters. The summed E-state index contributed by atoms with van der Waals surface area (Å²) in [6.45, 7) is 0.678. The normalized spacial score (nSPS) is 15.0. The van der Waals surface area contributed by atoms with Crippen LogP contribution in [0.2, 0.25) is 0 Å². The lowest BCUT2D eigenvalue weighted by Crippen LogP contribution is -2.36. The third-order valence-corrected chi connectivity index (χ3v) is 7.07. The molecule has 0 amide bonds. The maximum Gasteiger partial charge on any atom is 0.243 e. The van der Waals surface area contributed by atoms with Crippen LogP contribution in [-0.2, 0) is 23.0 Å². The van der Waals surface area contributed by atoms with E-state index in [2.05, 4.69) is 4.98 Å². The lowest BCUT2D eigenvalue weighted by molar-refractivity contribution is 0.0977. The molecule has 1 aromatic heterocycles. The van der Waals surface area contributed by atoms with Gasteiger partial charge < -0.3 is 0 Å². The molecule has 0 saturated carbocycles. The Morgan fingerprint density at radius 2 is 1.80 bits per heavy atom. The van der Waals surface area contributed by atoms with Crippen LogP contribution in [0.25, 0.3) is 0 Å². The number of aromatic nitrogens is 1. The van der Waals surface area contributed by atoms with E-state index in [0.29, 0.717) is 25.2 Å². The number of rotatable bonds is 5. The van der Waals surface area contributed by atoms with E-state index in [9.17, 15) is 18.5 Å². The summed E-state index contributed by atoms with van der Waals surface area (Å²) in [6, 6.07) is 20.7. The van der Waals surface area contributed by atoms with E-state index in [1.165, 1.54) is 34.8 Å². The van der Waals surface area contributed by atoms with Gasteiger partial charge in [-0.3, -0.25) is 9.78 Å². The van der Waals surface area contributed by atoms with E-state index >= 15 is 0 Å². The lowest BCUT2D eigenvalue weighted by Gasteiger charge is -2.28. The Kier molecular flexibility index (Phi) is 5.44. The third kappa shape index (κ3) is 3.75. The molecular formula is C23H19N3O3S. The summed E-state index contributed by atoms with van der Waals surface area (Å²) in [5.74, 6) is -1.57. The van der Waals surface area contributed by atoms with Gasteiger partial charge in [-0.05, 0) is 41.8 Å². The van der Waals surface area contributed by atoms with Crippen molar-refractivity contribution in [3.05, 3.63) is 95.3 Å². The highest BCUT2D eigenvalue weighted by atomic mass is 32.2. The van der Waals surface area contributed by atoms with Crippen LogP contribution in [0.1, 0.15) is 33.1 Å². The maximum absolute atomic E-state index is 13.2. The Labute approximate surface area is 175 Å². The highest BCUT2D eigenvalue weighted by Gasteiger charge is 2.30. The number of sulfonamides is 1. The molecule has 1 aliphatic heterocycles. The number of nitrogens with zero attached hydrogens (tertiary/aromatic N) is 3. The number of pyridine rings is 1. The molecule has 3 aromatic rings. The summed E-state index contributed by atoms with van der Waals surface area (Å²) < 4.78 is 27.9. The molecule has 2 heterocycles. The zero-order valence-electron chi connectivity index (χ0n) is 16.1. The van der Waals surface area contributed by atoms with E-state index in [4.69, 9.17) is 0 Å². The first-order valence-electron chi connectivity index (χ1n) is 9.52. The molecule has 0 N–H and O–H groups in total. The quantitative estimate of drug-likeness (QED) is 0.594. The van der Waals surface area contributed by atoms with Crippen molar-refractivity contribution in [2.24, 2.45) is 0 Å². The highest BCUT2D eigenvalue weighted by Crippen LogP contribution is 2.26. The second kappa shape index (κ2) is 8.19. The molecule has 30 heavy (non-hydrogen) atoms. The minimum Gasteiger partial charge on any atom is -0.292 e. The molecule has 0 saturated heterocycles. The zero-order chi connectivity index (χ0) is 21.1. The zero-order valence-corrected chi connectivity index (χ0v) is 16.9. The molecule has 0 fully saturated rings. The fourth-order valence-corrected chi connectivity index (χ4v) is 5.07. The second-order valence-electron chi connectivity index (χ2n) is 7.07. The van der Waals surface area contributed by atoms with E-state index in [1.807, 2.05) is 30.3 Å². The summed E-state index contributed by atoms with van der Waals surface area (Å²) >= 11 is 0. The Morgan fingerprint density at radius 1 is 1.03 bits per heavy atom. The van der Waals surface area contributed by atoms with Crippen molar-refractivity contribution in [2.75, 3.05) is 6.54 Å². The van der Waals surface area contributed by atoms with Gasteiger partial charge in [-0.1, -0.05) is 42.5 Å². The van der Waals surface area contributed by atoms with Gasteiger partial charge in [0.1, 0.15) is 0 Å². The van der Waals surface area contributed by atoms with E-state index in [0.717, 1.165) is 11.1 Å². The van der Waals surface area contributed by atoms with Crippen LogP contribution in [-0.4, -0.2) is 30.0 Å². The van der Waals surface area contributed by atoms with Crippen LogP contribution in [0.15, 0.2) is 77.8 Å². The fourth-order valence-electron chi connectivity index (χ4n) is 3.61. The van der Waals surface area contributed by atoms with E-state index < -0.39 is 21.7 Å². The molecule has 7 heteroatoms. The van der Waals surface area contributed by atoms with Crippen molar-refractivity contribution in [1.29, 1.82) is 5.26 Å². The molecule has 150 valence electrons. The molecule has 1 atom stereocenters. The number of Topliss-reactive ketones (excluding diaryl/α,β-unsaturated/α-hetero) is 1. The number of nitriles is 1. The Hall–Kier alpha value is -3.34. The van der Waals surface area contributed by atoms with Crippen molar-refractivity contribution in [1.82, 2.24) is 9.29 Å². The Bertz CT molecular complexity index is 1230. The molecule has 6 nitrogen and oxygen atoms in total. The minimum atomic E-state index is -3.78. The summed E-state index contributed by atoms with van der Waals surface area (Å²) in [7, 11) is -3.78. The number of fused-ring (bicyclic) bond motifs is 1. The number of hydrogen-bond acceptors (Lipinski definition) is 5. The summed E-state index contributed by atoms with van der Waals surface area (Å²) in [5.41, 5.74) is 2.65. The Morgan fingerprint density at radius 3 is 2.53 bits per heavy atom. The predicted octanol–water partition coefficient (Wildman–Crippen LogP) is 3.32. The molecule has 0 radical (unpaired) electrons. The number of hydrogen-bond donors (Lipinski definition) is 0. The van der Waals surface area contributed by atoms with Crippen LogP contribution in [0.5, 0.6) is 0 Å². The van der Waals surface area contributed by atoms with Gasteiger partial charge >= 0.3 is 0 Å². The molecular weight excluding hydrogens is 398 g/mol. The second-order valence-corrected chi connectivity index (χ2v) is 9.00. The minimum absolute atomic E-state index is 0.0467. The van der Waals surface area contributed by atoms with Crippen molar-refractivity contribution < 1.29 is 13.2 Å². The molecule has 2 aromatic carbocycles. The number of carbonyl (C=O) groups excluding carboxylic acids is 1. The average Bonchev–Trinajstić information content (AvgIpc) is 2.80. The monoisotopic (exact) mass is 417 g/mol. The SMILES string of the molecule is N#C[C@@H](C(=O)c1cccc(S(=O)(=O)N2CCc3ccccc3C2)c1)c1ccccn1. The third-order valence-electron chi connectivity index (χ3n) is 5.23. The van der Waals surface area contributed by atoms with Crippen LogP contribution in [0, 0.1) is 11.3 Å². The highest BCUT2D eigenvalue weighted by molar-refractivity contribution is 7.89. The molecule has 0 aliphatic carbocycles. The van der Waals surface area contributed by atoms with Gasteiger partial charge in [0.15, 0.2) is 11.7 Å². The molecule has 0 spiro atoms. The predicted molar refractivity (Wildman–Crippen MR) is 111 cm³/mol. The van der Waals surface area contributed by atoms with Crippen LogP contribution in [0.3, 0.4) is 0 Å². The summed E-state index contributed by atoms with van der Waals surface area (Å²) in [4.78, 5) is 17.1. The van der Waals surface area contributed by atoms with Crippen molar-refractivity contribution in [3.8, 4) is 6.07 Å². The van der Waals surface area contributed by atoms with Crippen LogP contribution >= 0.6 is 0 Å². The number of carbonyl (C=O) groups is 1. The largest absolute Gasteiger partial charge is 0.292 e. The smallest absolute Gasteiger partial charge is 0.243 e. The Balaban J connectivity index is 1.63. The molecule has 0 bridgehead atoms. The lowest BCUT2D eigenvalue weighted by atomic mass is 9.95. The van der Waals surface area contributed by atoms with Gasteiger partial charge in [0, 0.05) is 24.8 Å². The first-order valence-corrected chi connectivity index (χ1v) is 11.0. The molecule has 4 rings (SSSR count). The standard InChI is InChI=1S/C23H19N3O3S/c24-15-21(22-10-3-4-12-25-22)23(27)18-8-5-9-20(14-18)30(28,29)26-13-11-17-6-1-2-7-19(17)16-26/h1-10,12,14,21H,11,13,16H2/t21-/m1/s1. The number of benzene rings is 2. The summed E-state index contributed by atoms with van der Waals surface area (Å²) in [5, 5.41) is 9.50. The van der Waals surface area contributed by atoms with Gasteiger partial charge in [-0.25, -0.2) is 8.42 Å². The van der Waals surface area contributed by atoms with Crippen molar-refractivity contribution in [2.45, 2.75) is 23.8 Å². The van der Waals surface area contributed by atoms with E-state index in [-0.39, 0.29) is 10.5 Å². The maximum atomic E-state index is 13.2. The van der Waals surface area contributed by atoms with Crippen molar-refractivity contribution >= 4 is 15.8 Å². The van der Waals surface area contributed by atoms with Crippen LogP contribution < -0.4 is 0 Å². The first kappa shape index (κ1) is 20.0. The fraction of sp³-hybridized carbons (Fsp3) is 0.174. The van der Waals surface area contributed by atoms with Gasteiger partial charge in [-0.2, -0.15) is 9.57 Å². The van der Waals surface area contributed by atoms with E-state index in [1.54, 1.807) is 18.2 Å². The van der Waals surface area contributed by atoms with Crippen LogP contribution in [0.4, 0.5) is 0 Å². The van der Waals surface area contributed by atoms with Gasteiger partial charge in [0.05, 0.1) is 16.7 Å². The average molecular weight is 417 g/mol. The molecule has 1 aliphatic rings. The first-order chi connectivity index (χ1) is 14.5. The van der Waals surface area contributed by atoms with Crippen molar-refractivity contribution in [3.63, 3.8) is 0 Å². The van der Waals surface area contributed by atoms with Gasteiger partial charge in [0.2, 0.25) is 10.0 Å². The topological polar surface area (TPSA) is 91.1 Å². The van der Waals surface area contributed by atoms with Gasteiger partial charge in [-0.15, -0.1) is 0 Å². The number of ketones is 1. The summed E-state index contributed by atoms with van der Waals surface area (Å²) in [6.07, 6.45) is 2.16.